The van der Waals surface area contributed by atoms with Crippen LogP contribution in [-0.2, 0) is 137 Å². The van der Waals surface area contributed by atoms with Crippen LogP contribution in [0.2, 0.25) is 0 Å². The number of fused-ring (bicyclic) bond motifs is 5. The number of ether oxygens (including phenoxy) is 6. The fraction of sp³-hybridized carbons (Fsp3) is 0.421. The van der Waals surface area contributed by atoms with Crippen molar-refractivity contribution < 1.29 is 94.6 Å². The van der Waals surface area contributed by atoms with Crippen LogP contribution in [0.25, 0.3) is 11.0 Å². The highest BCUT2D eigenvalue weighted by molar-refractivity contribution is 7.99. The van der Waals surface area contributed by atoms with Gasteiger partial charge in [-0.2, -0.15) is 11.8 Å². The summed E-state index contributed by atoms with van der Waals surface area (Å²) in [7, 11) is -0.666. The van der Waals surface area contributed by atoms with Gasteiger partial charge in [-0.15, -0.1) is 0 Å². The molecule has 3 unspecified atom stereocenters. The van der Waals surface area contributed by atoms with Crippen molar-refractivity contribution in [3.05, 3.63) is 259 Å². The van der Waals surface area contributed by atoms with Crippen molar-refractivity contribution in [1.82, 2.24) is 39.2 Å². The molecule has 12 aliphatic rings. The molecule has 0 spiro atoms. The van der Waals surface area contributed by atoms with Gasteiger partial charge in [-0.3, -0.25) is 81.3 Å². The predicted molar refractivity (Wildman–Crippen MR) is 511 cm³/mol. The Kier molecular flexibility index (Phi) is 30.2. The average Bonchev–Trinajstić information content (AvgIpc) is 1.60. The lowest BCUT2D eigenvalue weighted by atomic mass is 9.80. The fourth-order valence-electron chi connectivity index (χ4n) is 20.1. The van der Waals surface area contributed by atoms with Crippen molar-refractivity contribution in [2.24, 2.45) is 0 Å². The lowest BCUT2D eigenvalue weighted by Gasteiger charge is -2.39. The zero-order valence-electron chi connectivity index (χ0n) is 77.2. The van der Waals surface area contributed by atoms with Gasteiger partial charge in [0.25, 0.3) is 23.6 Å². The van der Waals surface area contributed by atoms with Gasteiger partial charge >= 0.3 is 0 Å². The number of rotatable bonds is 24. The number of thioether (sulfide) groups is 1. The van der Waals surface area contributed by atoms with E-state index < -0.39 is 34.5 Å². The van der Waals surface area contributed by atoms with Gasteiger partial charge in [-0.05, 0) is 132 Å². The topological polar surface area (TPSA) is 316 Å². The number of amides is 4. The lowest BCUT2D eigenvalue weighted by molar-refractivity contribution is -0.139. The Balaban J connectivity index is 0.000000122. The standard InChI is InChI=1S/C28H28N2O6.C27H30N2O5.C26H28N2O5S.C26H28N2O4S/c31-20-6-7-24(25(32)14-20)30-16-23-22(28(30)33)2-1-3-26(23)35-17-21-13-19-5-4-18(12-27(19)36-21)15-29-8-10-34-11-9-29;1-27(10-9-21(30)15-25(27)31)29-17-23-22(26(29)32)3-2-4-24(23)34-18-20-7-5-19(6-8-20)16-28-11-13-33-14-12-28;29-20-8-9-23(24(30)14-20)28-16-22-21(26(28)31)2-1-3-25(22)33-17-19-6-4-18(5-7-19)15-27-10-12-34(32)13-11-27;29-20-8-9-23(24(30)14-20)28-16-22-21(26(28)31)2-1-3-25(22)32-17-19-6-4-18(5-7-19)15-27-10-12-33-13-11-27/h1-5,12-13,24H,6-11,14-17H2;2-8H,9-18H2,1H3;1-7,23H,8-17H2;1-7,23H,8-17H2/t;27-;;/m.0../s1. The Morgan fingerprint density at radius 2 is 0.723 bits per heavy atom. The first-order valence-electron chi connectivity index (χ1n) is 47.7. The molecule has 8 aromatic carbocycles. The van der Waals surface area contributed by atoms with E-state index in [4.69, 9.17) is 32.8 Å². The fourth-order valence-corrected chi connectivity index (χ4v) is 22.2. The third kappa shape index (κ3) is 22.6. The van der Waals surface area contributed by atoms with E-state index in [9.17, 15) is 61.7 Å². The van der Waals surface area contributed by atoms with Crippen molar-refractivity contribution in [2.75, 3.05) is 102 Å². The second kappa shape index (κ2) is 43.4. The molecule has 30 heteroatoms. The maximum Gasteiger partial charge on any atom is 0.255 e. The van der Waals surface area contributed by atoms with Crippen molar-refractivity contribution in [3.8, 4) is 23.0 Å². The highest BCUT2D eigenvalue weighted by Crippen LogP contribution is 2.43. The lowest BCUT2D eigenvalue weighted by Crippen LogP contribution is -2.55. The first-order chi connectivity index (χ1) is 66.5. The molecular formula is C107H114N8O20S2. The van der Waals surface area contributed by atoms with Gasteiger partial charge in [0.2, 0.25) is 0 Å². The Morgan fingerprint density at radius 1 is 0.372 bits per heavy atom. The van der Waals surface area contributed by atoms with E-state index in [2.05, 4.69) is 111 Å². The van der Waals surface area contributed by atoms with Crippen LogP contribution in [0.1, 0.15) is 192 Å². The van der Waals surface area contributed by atoms with E-state index in [1.165, 1.54) is 33.8 Å². The van der Waals surface area contributed by atoms with Gasteiger partial charge in [0.05, 0.1) is 96.4 Å². The molecule has 1 aromatic heterocycles. The molecule has 0 bridgehead atoms. The molecule has 137 heavy (non-hydrogen) atoms. The number of hydrogen-bond acceptors (Lipinski definition) is 25. The molecule has 8 aliphatic heterocycles. The maximum atomic E-state index is 13.2. The Hall–Kier alpha value is -12.0. The van der Waals surface area contributed by atoms with Crippen LogP contribution in [0.5, 0.6) is 23.0 Å². The number of furan rings is 1. The van der Waals surface area contributed by atoms with Crippen LogP contribution in [-0.4, -0.2) is 239 Å². The summed E-state index contributed by atoms with van der Waals surface area (Å²) in [6.07, 6.45) is 2.59. The van der Waals surface area contributed by atoms with Crippen molar-refractivity contribution in [1.29, 1.82) is 0 Å². The van der Waals surface area contributed by atoms with Gasteiger partial charge in [-0.25, -0.2) is 0 Å². The highest BCUT2D eigenvalue weighted by atomic mass is 32.2. The summed E-state index contributed by atoms with van der Waals surface area (Å²) in [6.45, 7) is 19.1. The number of carbonyl (C=O) groups is 12. The molecule has 714 valence electrons. The number of carbonyl (C=O) groups excluding carboxylic acids is 12. The first-order valence-corrected chi connectivity index (χ1v) is 50.3. The zero-order valence-corrected chi connectivity index (χ0v) is 78.9. The van der Waals surface area contributed by atoms with Crippen LogP contribution in [0.4, 0.5) is 0 Å². The minimum atomic E-state index is -0.947. The molecule has 8 fully saturated rings. The quantitative estimate of drug-likeness (QED) is 0.0507. The summed E-state index contributed by atoms with van der Waals surface area (Å²) in [6, 6.07) is 53.7. The predicted octanol–water partition coefficient (Wildman–Crippen LogP) is 12.6. The van der Waals surface area contributed by atoms with E-state index in [1.807, 2.05) is 54.2 Å². The van der Waals surface area contributed by atoms with E-state index in [0.29, 0.717) is 148 Å². The minimum Gasteiger partial charge on any atom is -0.489 e. The molecule has 4 amide bonds. The molecule has 0 radical (unpaired) electrons. The molecular weight excluding hydrogens is 1780 g/mol. The summed E-state index contributed by atoms with van der Waals surface area (Å²) in [5, 5.41) is 1.02. The van der Waals surface area contributed by atoms with Gasteiger partial charge in [-0.1, -0.05) is 109 Å². The van der Waals surface area contributed by atoms with E-state index in [0.717, 1.165) is 166 Å². The van der Waals surface area contributed by atoms with Gasteiger partial charge in [0.15, 0.2) is 23.1 Å². The SMILES string of the molecule is C[C@]1(N2Cc3c(OCc4ccc(CN5CCOCC5)cc4)cccc3C2=O)CCC(=O)CC1=O.O=C1CCC(N2Cc3c(OCc4cc5ccc(CN6CCOCC6)cc5o4)cccc3C2=O)C(=O)C1.O=C1CCC(N2Cc3c(OCc4ccc(CN5CCS(=O)CC5)cc4)cccc3C2=O)C(=O)C1.O=C1CCC(N2Cc3c(OCc4ccc(CN5CCSCC5)cc4)cccc3C2=O)C(=O)C1. The number of Topliss-reactive ketones (excluding diaryl/α,β-unsaturated/α-hetero) is 8. The van der Waals surface area contributed by atoms with Crippen LogP contribution in [0.15, 0.2) is 174 Å². The van der Waals surface area contributed by atoms with Crippen molar-refractivity contribution >= 4 is 103 Å². The molecule has 9 heterocycles. The van der Waals surface area contributed by atoms with Gasteiger partial charge in [0, 0.05) is 188 Å². The molecule has 0 N–H and O–H groups in total. The molecule has 4 saturated carbocycles. The van der Waals surface area contributed by atoms with Crippen molar-refractivity contribution in [3.63, 3.8) is 0 Å². The van der Waals surface area contributed by atoms with E-state index in [-0.39, 0.29) is 102 Å². The molecule has 28 nitrogen and oxygen atoms in total. The smallest absolute Gasteiger partial charge is 0.255 e. The Labute approximate surface area is 802 Å². The highest BCUT2D eigenvalue weighted by Gasteiger charge is 2.50. The van der Waals surface area contributed by atoms with Crippen LogP contribution < -0.4 is 18.9 Å². The average molecular weight is 1900 g/mol. The van der Waals surface area contributed by atoms with Crippen LogP contribution >= 0.6 is 11.8 Å². The maximum absolute atomic E-state index is 13.2. The van der Waals surface area contributed by atoms with Gasteiger partial charge in [0.1, 0.15) is 89.4 Å². The number of nitrogens with zero attached hydrogens (tertiary/aromatic N) is 8. The largest absolute Gasteiger partial charge is 0.489 e. The monoisotopic (exact) mass is 1890 g/mol. The number of morpholine rings is 2. The molecule has 21 rings (SSSR count). The molecule has 4 aliphatic carbocycles. The second-order valence-electron chi connectivity index (χ2n) is 37.4. The number of hydrogen-bond donors (Lipinski definition) is 0. The zero-order chi connectivity index (χ0) is 94.8. The normalized spacial score (nSPS) is 21.8. The number of ketones is 8. The third-order valence-electron chi connectivity index (χ3n) is 28.1. The molecule has 4 atom stereocenters. The molecule has 9 aromatic rings. The summed E-state index contributed by atoms with van der Waals surface area (Å²) in [4.78, 5) is 165. The van der Waals surface area contributed by atoms with Crippen LogP contribution in [0, 0.1) is 0 Å². The summed E-state index contributed by atoms with van der Waals surface area (Å²) in [5.41, 5.74) is 13.5. The van der Waals surface area contributed by atoms with E-state index >= 15 is 0 Å². The Morgan fingerprint density at radius 3 is 1.12 bits per heavy atom. The minimum absolute atomic E-state index is 0.0367. The first kappa shape index (κ1) is 95.3. The van der Waals surface area contributed by atoms with Crippen molar-refractivity contribution in [2.45, 2.75) is 186 Å². The number of benzene rings is 8. The second-order valence-corrected chi connectivity index (χ2v) is 40.3. The Bertz CT molecular complexity index is 6110. The molecule has 4 saturated heterocycles. The van der Waals surface area contributed by atoms with E-state index in [1.54, 1.807) is 62.9 Å². The van der Waals surface area contributed by atoms with Gasteiger partial charge < -0.3 is 52.4 Å². The summed E-state index contributed by atoms with van der Waals surface area (Å²) >= 11 is 2.02. The third-order valence-corrected chi connectivity index (χ3v) is 30.4. The summed E-state index contributed by atoms with van der Waals surface area (Å²) in [5.74, 6) is 5.69. The summed E-state index contributed by atoms with van der Waals surface area (Å²) < 4.78 is 52.9. The van der Waals surface area contributed by atoms with Crippen LogP contribution in [0.3, 0.4) is 0 Å².